The highest BCUT2D eigenvalue weighted by atomic mass is 16.5. The summed E-state index contributed by atoms with van der Waals surface area (Å²) in [7, 11) is 0. The minimum absolute atomic E-state index is 0.0262. The van der Waals surface area contributed by atoms with Crippen LogP contribution in [0.1, 0.15) is 13.3 Å². The molecule has 0 aliphatic carbocycles. The highest BCUT2D eigenvalue weighted by Crippen LogP contribution is 2.20. The lowest BCUT2D eigenvalue weighted by Gasteiger charge is -2.28. The molecule has 0 saturated carbocycles. The van der Waals surface area contributed by atoms with Gasteiger partial charge in [0.15, 0.2) is 0 Å². The second kappa shape index (κ2) is 3.64. The zero-order valence-electron chi connectivity index (χ0n) is 7.79. The summed E-state index contributed by atoms with van der Waals surface area (Å²) in [6.45, 7) is 4.05. The molecule has 2 rings (SSSR count). The van der Waals surface area contributed by atoms with E-state index in [1.165, 1.54) is 0 Å². The van der Waals surface area contributed by atoms with E-state index >= 15 is 0 Å². The second-order valence-electron chi connectivity index (χ2n) is 3.80. The molecule has 2 saturated heterocycles. The number of hydrogen-bond acceptors (Lipinski definition) is 3. The van der Waals surface area contributed by atoms with Gasteiger partial charge in [-0.25, -0.2) is 0 Å². The molecular weight excluding hydrogens is 170 g/mol. The highest BCUT2D eigenvalue weighted by molar-refractivity contribution is 5.81. The predicted molar refractivity (Wildman–Crippen MR) is 46.3 cm³/mol. The minimum atomic E-state index is -0.236. The van der Waals surface area contributed by atoms with Crippen molar-refractivity contribution < 1.29 is 14.3 Å². The molecular formula is C9H15NO3. The monoisotopic (exact) mass is 185 g/mol. The van der Waals surface area contributed by atoms with Crippen molar-refractivity contribution in [2.24, 2.45) is 5.92 Å². The lowest BCUT2D eigenvalue weighted by molar-refractivity contribution is -0.135. The Kier molecular flexibility index (Phi) is 2.51. The molecule has 2 aliphatic rings. The van der Waals surface area contributed by atoms with Gasteiger partial charge >= 0.3 is 0 Å². The van der Waals surface area contributed by atoms with Crippen molar-refractivity contribution in [3.8, 4) is 0 Å². The highest BCUT2D eigenvalue weighted by Gasteiger charge is 2.33. The topological polar surface area (TPSA) is 47.6 Å². The fourth-order valence-electron chi connectivity index (χ4n) is 1.63. The predicted octanol–water partition coefficient (Wildman–Crippen LogP) is -0.0736. The largest absolute Gasteiger partial charge is 0.377 e. The molecule has 0 aromatic heterocycles. The Morgan fingerprint density at radius 1 is 1.46 bits per heavy atom. The van der Waals surface area contributed by atoms with Crippen LogP contribution in [-0.2, 0) is 14.3 Å². The van der Waals surface area contributed by atoms with Crippen molar-refractivity contribution in [1.29, 1.82) is 0 Å². The van der Waals surface area contributed by atoms with Crippen LogP contribution in [0.3, 0.4) is 0 Å². The molecule has 2 atom stereocenters. The third kappa shape index (κ3) is 1.84. The van der Waals surface area contributed by atoms with E-state index in [9.17, 15) is 4.79 Å². The molecule has 0 radical (unpaired) electrons. The first-order valence-corrected chi connectivity index (χ1v) is 4.77. The van der Waals surface area contributed by atoms with Crippen LogP contribution in [0.5, 0.6) is 0 Å². The molecule has 0 aromatic carbocycles. The van der Waals surface area contributed by atoms with Crippen molar-refractivity contribution in [3.05, 3.63) is 0 Å². The Morgan fingerprint density at radius 2 is 2.23 bits per heavy atom. The first-order valence-electron chi connectivity index (χ1n) is 4.77. The van der Waals surface area contributed by atoms with Gasteiger partial charge in [-0.1, -0.05) is 6.92 Å². The summed E-state index contributed by atoms with van der Waals surface area (Å²) in [4.78, 5) is 11.6. The van der Waals surface area contributed by atoms with Gasteiger partial charge in [0.25, 0.3) is 0 Å². The normalized spacial score (nSPS) is 34.2. The van der Waals surface area contributed by atoms with Gasteiger partial charge in [0.05, 0.1) is 19.3 Å². The zero-order valence-corrected chi connectivity index (χ0v) is 7.79. The van der Waals surface area contributed by atoms with Crippen LogP contribution in [0.25, 0.3) is 0 Å². The molecule has 2 fully saturated rings. The fourth-order valence-corrected chi connectivity index (χ4v) is 1.63. The van der Waals surface area contributed by atoms with Crippen LogP contribution in [0.4, 0.5) is 0 Å². The molecule has 74 valence electrons. The summed E-state index contributed by atoms with van der Waals surface area (Å²) in [6.07, 6.45) is 0.750. The zero-order chi connectivity index (χ0) is 9.26. The van der Waals surface area contributed by atoms with E-state index in [1.807, 2.05) is 0 Å². The smallest absolute Gasteiger partial charge is 0.249 e. The van der Waals surface area contributed by atoms with Gasteiger partial charge in [-0.05, 0) is 12.3 Å². The first-order chi connectivity index (χ1) is 6.27. The number of nitrogens with one attached hydrogen (secondary N) is 1. The molecule has 1 amide bonds. The summed E-state index contributed by atoms with van der Waals surface area (Å²) in [6, 6.07) is 0.212. The molecule has 4 heteroatoms. The van der Waals surface area contributed by atoms with Crippen molar-refractivity contribution in [2.75, 3.05) is 19.8 Å². The van der Waals surface area contributed by atoms with Gasteiger partial charge in [-0.3, -0.25) is 4.79 Å². The standard InChI is InChI=1S/C9H15NO3/c1-6-2-3-13-8(6)9(11)10-7-4-12-5-7/h6-8H,2-5H2,1H3,(H,10,11). The maximum atomic E-state index is 11.6. The third-order valence-electron chi connectivity index (χ3n) is 2.63. The summed E-state index contributed by atoms with van der Waals surface area (Å²) in [5.41, 5.74) is 0. The molecule has 2 aliphatic heterocycles. The maximum absolute atomic E-state index is 11.6. The van der Waals surface area contributed by atoms with Crippen LogP contribution in [0.15, 0.2) is 0 Å². The van der Waals surface area contributed by atoms with Crippen LogP contribution in [0, 0.1) is 5.92 Å². The van der Waals surface area contributed by atoms with Gasteiger partial charge in [0.2, 0.25) is 5.91 Å². The van der Waals surface area contributed by atoms with Gasteiger partial charge in [0, 0.05) is 6.61 Å². The second-order valence-corrected chi connectivity index (χ2v) is 3.80. The SMILES string of the molecule is CC1CCOC1C(=O)NC1COC1. The van der Waals surface area contributed by atoms with Crippen molar-refractivity contribution >= 4 is 5.91 Å². The molecule has 1 N–H and O–H groups in total. The van der Waals surface area contributed by atoms with Gasteiger partial charge in [0.1, 0.15) is 6.10 Å². The van der Waals surface area contributed by atoms with E-state index in [1.54, 1.807) is 0 Å². The number of ether oxygens (including phenoxy) is 2. The van der Waals surface area contributed by atoms with E-state index < -0.39 is 0 Å². The Balaban J connectivity index is 1.81. The van der Waals surface area contributed by atoms with Crippen molar-refractivity contribution in [1.82, 2.24) is 5.32 Å². The maximum Gasteiger partial charge on any atom is 0.249 e. The molecule has 0 aromatic rings. The average Bonchev–Trinajstić information content (AvgIpc) is 2.43. The van der Waals surface area contributed by atoms with Gasteiger partial charge in [-0.15, -0.1) is 0 Å². The first kappa shape index (κ1) is 8.97. The summed E-state index contributed by atoms with van der Waals surface area (Å²) in [5, 5.41) is 2.90. The average molecular weight is 185 g/mol. The summed E-state index contributed by atoms with van der Waals surface area (Å²) in [5.74, 6) is 0.374. The quantitative estimate of drug-likeness (QED) is 0.655. The lowest BCUT2D eigenvalue weighted by Crippen LogP contribution is -2.52. The van der Waals surface area contributed by atoms with Gasteiger partial charge in [-0.2, -0.15) is 0 Å². The van der Waals surface area contributed by atoms with E-state index in [-0.39, 0.29) is 18.1 Å². The Hall–Kier alpha value is -0.610. The van der Waals surface area contributed by atoms with E-state index in [0.717, 1.165) is 6.42 Å². The molecule has 13 heavy (non-hydrogen) atoms. The van der Waals surface area contributed by atoms with Crippen LogP contribution in [-0.4, -0.2) is 37.9 Å². The minimum Gasteiger partial charge on any atom is -0.377 e. The van der Waals surface area contributed by atoms with E-state index in [2.05, 4.69) is 12.2 Å². The third-order valence-corrected chi connectivity index (χ3v) is 2.63. The molecule has 0 spiro atoms. The van der Waals surface area contributed by atoms with Crippen LogP contribution in [0.2, 0.25) is 0 Å². The number of rotatable bonds is 2. The number of carbonyl (C=O) groups is 1. The van der Waals surface area contributed by atoms with Gasteiger partial charge < -0.3 is 14.8 Å². The van der Waals surface area contributed by atoms with E-state index in [4.69, 9.17) is 9.47 Å². The number of amides is 1. The molecule has 2 unspecified atom stereocenters. The van der Waals surface area contributed by atoms with E-state index in [0.29, 0.717) is 25.7 Å². The molecule has 4 nitrogen and oxygen atoms in total. The summed E-state index contributed by atoms with van der Waals surface area (Å²) < 4.78 is 10.3. The Bertz CT molecular complexity index is 203. The number of carbonyl (C=O) groups excluding carboxylic acids is 1. The summed E-state index contributed by atoms with van der Waals surface area (Å²) >= 11 is 0. The fraction of sp³-hybridized carbons (Fsp3) is 0.889. The molecule has 2 heterocycles. The van der Waals surface area contributed by atoms with Crippen molar-refractivity contribution in [2.45, 2.75) is 25.5 Å². The Labute approximate surface area is 77.6 Å². The molecule has 0 bridgehead atoms. The lowest BCUT2D eigenvalue weighted by atomic mass is 10.0. The van der Waals surface area contributed by atoms with Crippen LogP contribution >= 0.6 is 0 Å². The van der Waals surface area contributed by atoms with Crippen molar-refractivity contribution in [3.63, 3.8) is 0 Å². The Morgan fingerprint density at radius 3 is 2.69 bits per heavy atom. The number of hydrogen-bond donors (Lipinski definition) is 1. The van der Waals surface area contributed by atoms with Crippen LogP contribution < -0.4 is 5.32 Å².